The third-order valence-corrected chi connectivity index (χ3v) is 5.60. The summed E-state index contributed by atoms with van der Waals surface area (Å²) in [5.41, 5.74) is 7.58. The van der Waals surface area contributed by atoms with Gasteiger partial charge < -0.3 is 5.32 Å². The topological polar surface area (TPSA) is 46.9 Å². The van der Waals surface area contributed by atoms with E-state index in [1.807, 2.05) is 36.0 Å². The van der Waals surface area contributed by atoms with Gasteiger partial charge in [0.1, 0.15) is 0 Å². The van der Waals surface area contributed by atoms with Crippen molar-refractivity contribution in [1.29, 1.82) is 0 Å². The fourth-order valence-electron chi connectivity index (χ4n) is 3.87. The van der Waals surface area contributed by atoms with Crippen LogP contribution in [0.1, 0.15) is 51.1 Å². The summed E-state index contributed by atoms with van der Waals surface area (Å²) in [7, 11) is 0. The normalized spacial score (nSPS) is 12.1. The first-order valence-electron chi connectivity index (χ1n) is 10.3. The molecule has 1 amide bonds. The molecule has 1 heterocycles. The van der Waals surface area contributed by atoms with Gasteiger partial charge in [0.25, 0.3) is 5.91 Å². The molecule has 1 aromatic heterocycles. The molecule has 152 valence electrons. The number of carbonyl (C=O) groups is 1. The van der Waals surface area contributed by atoms with E-state index in [1.165, 1.54) is 22.3 Å². The van der Waals surface area contributed by atoms with Crippen LogP contribution in [0.5, 0.6) is 0 Å². The van der Waals surface area contributed by atoms with Gasteiger partial charge in [-0.25, -0.2) is 0 Å². The zero-order valence-electron chi connectivity index (χ0n) is 17.9. The van der Waals surface area contributed by atoms with Gasteiger partial charge in [-0.05, 0) is 56.5 Å². The summed E-state index contributed by atoms with van der Waals surface area (Å²) in [4.78, 5) is 12.9. The second kappa shape index (κ2) is 8.15. The Hall–Kier alpha value is -3.40. The molecule has 0 aliphatic rings. The molecule has 4 nitrogen and oxygen atoms in total. The minimum atomic E-state index is -0.0764. The van der Waals surface area contributed by atoms with Crippen molar-refractivity contribution in [2.24, 2.45) is 0 Å². The van der Waals surface area contributed by atoms with Crippen LogP contribution in [-0.4, -0.2) is 15.7 Å². The molecule has 0 saturated carbocycles. The van der Waals surface area contributed by atoms with Gasteiger partial charge in [0.15, 0.2) is 0 Å². The lowest BCUT2D eigenvalue weighted by Gasteiger charge is -2.17. The SMILES string of the molecule is Cc1ccc(Cn2ncc3ccc(C(=O)N[C@H](C)c4ccc(C)cc4C)cc32)cc1. The van der Waals surface area contributed by atoms with Crippen LogP contribution in [-0.2, 0) is 6.54 Å². The van der Waals surface area contributed by atoms with Crippen molar-refractivity contribution in [1.82, 2.24) is 15.1 Å². The molecule has 30 heavy (non-hydrogen) atoms. The minimum Gasteiger partial charge on any atom is -0.346 e. The van der Waals surface area contributed by atoms with Crippen LogP contribution in [0.15, 0.2) is 66.9 Å². The van der Waals surface area contributed by atoms with Crippen LogP contribution >= 0.6 is 0 Å². The van der Waals surface area contributed by atoms with Crippen molar-refractivity contribution < 1.29 is 4.79 Å². The second-order valence-electron chi connectivity index (χ2n) is 8.12. The first kappa shape index (κ1) is 19.9. The number of fused-ring (bicyclic) bond motifs is 1. The fourth-order valence-corrected chi connectivity index (χ4v) is 3.87. The molecule has 0 radical (unpaired) electrons. The molecule has 0 saturated heterocycles. The third-order valence-electron chi connectivity index (χ3n) is 5.60. The van der Waals surface area contributed by atoms with Gasteiger partial charge in [-0.2, -0.15) is 5.10 Å². The largest absolute Gasteiger partial charge is 0.346 e. The summed E-state index contributed by atoms with van der Waals surface area (Å²) >= 11 is 0. The molecule has 3 aromatic carbocycles. The Labute approximate surface area is 177 Å². The van der Waals surface area contributed by atoms with E-state index in [-0.39, 0.29) is 11.9 Å². The quantitative estimate of drug-likeness (QED) is 0.483. The van der Waals surface area contributed by atoms with Crippen molar-refractivity contribution in [2.75, 3.05) is 0 Å². The zero-order valence-corrected chi connectivity index (χ0v) is 17.9. The first-order chi connectivity index (χ1) is 14.4. The number of carbonyl (C=O) groups excluding carboxylic acids is 1. The van der Waals surface area contributed by atoms with Gasteiger partial charge in [0.05, 0.1) is 24.3 Å². The van der Waals surface area contributed by atoms with Crippen molar-refractivity contribution >= 4 is 16.8 Å². The summed E-state index contributed by atoms with van der Waals surface area (Å²) in [6.45, 7) is 8.94. The smallest absolute Gasteiger partial charge is 0.251 e. The van der Waals surface area contributed by atoms with Crippen LogP contribution in [0.2, 0.25) is 0 Å². The first-order valence-corrected chi connectivity index (χ1v) is 10.3. The van der Waals surface area contributed by atoms with E-state index in [4.69, 9.17) is 0 Å². The molecule has 0 aliphatic carbocycles. The zero-order chi connectivity index (χ0) is 21.3. The van der Waals surface area contributed by atoms with Crippen molar-refractivity contribution in [3.8, 4) is 0 Å². The third kappa shape index (κ3) is 4.13. The van der Waals surface area contributed by atoms with Crippen LogP contribution in [0.4, 0.5) is 0 Å². The van der Waals surface area contributed by atoms with Gasteiger partial charge in [-0.15, -0.1) is 0 Å². The van der Waals surface area contributed by atoms with Gasteiger partial charge in [-0.3, -0.25) is 9.48 Å². The Morgan fingerprint density at radius 3 is 2.43 bits per heavy atom. The highest BCUT2D eigenvalue weighted by Crippen LogP contribution is 2.21. The highest BCUT2D eigenvalue weighted by atomic mass is 16.1. The lowest BCUT2D eigenvalue weighted by atomic mass is 10.00. The second-order valence-corrected chi connectivity index (χ2v) is 8.12. The van der Waals surface area contributed by atoms with E-state index in [1.54, 1.807) is 0 Å². The maximum absolute atomic E-state index is 12.9. The molecule has 4 rings (SSSR count). The molecule has 0 aliphatic heterocycles. The molecule has 0 unspecified atom stereocenters. The molecular formula is C26H27N3O. The van der Waals surface area contributed by atoms with Gasteiger partial charge in [0.2, 0.25) is 0 Å². The lowest BCUT2D eigenvalue weighted by molar-refractivity contribution is 0.0940. The molecule has 1 atom stereocenters. The minimum absolute atomic E-state index is 0.0636. The van der Waals surface area contributed by atoms with Crippen molar-refractivity contribution in [2.45, 2.75) is 40.3 Å². The van der Waals surface area contributed by atoms with E-state index in [0.29, 0.717) is 12.1 Å². The molecule has 0 spiro atoms. The maximum atomic E-state index is 12.9. The van der Waals surface area contributed by atoms with Gasteiger partial charge in [-0.1, -0.05) is 59.7 Å². The Kier molecular flexibility index (Phi) is 5.40. The number of aromatic nitrogens is 2. The highest BCUT2D eigenvalue weighted by molar-refractivity contribution is 5.98. The van der Waals surface area contributed by atoms with Crippen LogP contribution in [0.3, 0.4) is 0 Å². The van der Waals surface area contributed by atoms with E-state index in [9.17, 15) is 4.79 Å². The Balaban J connectivity index is 1.56. The Morgan fingerprint density at radius 1 is 0.967 bits per heavy atom. The monoisotopic (exact) mass is 397 g/mol. The number of aryl methyl sites for hydroxylation is 3. The number of hydrogen-bond acceptors (Lipinski definition) is 2. The number of hydrogen-bond donors (Lipinski definition) is 1. The summed E-state index contributed by atoms with van der Waals surface area (Å²) in [6, 6.07) is 20.5. The lowest BCUT2D eigenvalue weighted by Crippen LogP contribution is -2.27. The van der Waals surface area contributed by atoms with Gasteiger partial charge in [0, 0.05) is 10.9 Å². The Morgan fingerprint density at radius 2 is 1.70 bits per heavy atom. The summed E-state index contributed by atoms with van der Waals surface area (Å²) in [6.07, 6.45) is 1.85. The van der Waals surface area contributed by atoms with Crippen molar-refractivity contribution in [3.63, 3.8) is 0 Å². The number of nitrogens with zero attached hydrogens (tertiary/aromatic N) is 2. The Bertz CT molecular complexity index is 1200. The average molecular weight is 398 g/mol. The molecule has 4 heteroatoms. The number of amides is 1. The predicted molar refractivity (Wildman–Crippen MR) is 122 cm³/mol. The van der Waals surface area contributed by atoms with Crippen LogP contribution < -0.4 is 5.32 Å². The molecule has 4 aromatic rings. The standard InChI is InChI=1S/C26H27N3O/c1-17-5-8-21(9-6-17)16-29-25-14-22(10-11-23(25)15-27-29)26(30)28-20(4)24-12-7-18(2)13-19(24)3/h5-15,20H,16H2,1-4H3,(H,28,30)/t20-/m1/s1. The van der Waals surface area contributed by atoms with E-state index >= 15 is 0 Å². The molecular weight excluding hydrogens is 370 g/mol. The fraction of sp³-hybridized carbons (Fsp3) is 0.231. The average Bonchev–Trinajstić information content (AvgIpc) is 3.11. The van der Waals surface area contributed by atoms with Crippen LogP contribution in [0.25, 0.3) is 10.9 Å². The summed E-state index contributed by atoms with van der Waals surface area (Å²) in [5.74, 6) is -0.0764. The summed E-state index contributed by atoms with van der Waals surface area (Å²) in [5, 5.41) is 8.69. The number of benzene rings is 3. The number of nitrogens with one attached hydrogen (secondary N) is 1. The molecule has 1 N–H and O–H groups in total. The number of rotatable bonds is 5. The maximum Gasteiger partial charge on any atom is 0.251 e. The predicted octanol–water partition coefficient (Wildman–Crippen LogP) is 5.50. The van der Waals surface area contributed by atoms with Crippen molar-refractivity contribution in [3.05, 3.63) is 100 Å². The highest BCUT2D eigenvalue weighted by Gasteiger charge is 2.15. The van der Waals surface area contributed by atoms with Crippen LogP contribution in [0, 0.1) is 20.8 Å². The van der Waals surface area contributed by atoms with E-state index < -0.39 is 0 Å². The van der Waals surface area contributed by atoms with Gasteiger partial charge >= 0.3 is 0 Å². The van der Waals surface area contributed by atoms with E-state index in [0.717, 1.165) is 16.5 Å². The van der Waals surface area contributed by atoms with E-state index in [2.05, 4.69) is 73.7 Å². The summed E-state index contributed by atoms with van der Waals surface area (Å²) < 4.78 is 1.95. The molecule has 0 bridgehead atoms. The molecule has 0 fully saturated rings.